The Bertz CT molecular complexity index is 744. The van der Waals surface area contributed by atoms with Crippen LogP contribution in [0.5, 0.6) is 0 Å². The zero-order valence-corrected chi connectivity index (χ0v) is 21.8. The maximum atomic E-state index is 12.8. The lowest BCUT2D eigenvalue weighted by atomic mass is 9.96. The van der Waals surface area contributed by atoms with Gasteiger partial charge in [-0.15, -0.1) is 0 Å². The Morgan fingerprint density at radius 2 is 1.31 bits per heavy atom. The van der Waals surface area contributed by atoms with Crippen LogP contribution < -0.4 is 27.0 Å². The number of nitrogens with one attached hydrogen (secondary N) is 4. The Hall–Kier alpha value is -2.73. The van der Waals surface area contributed by atoms with Crippen molar-refractivity contribution < 1.29 is 34.2 Å². The first-order valence-corrected chi connectivity index (χ1v) is 12.0. The number of carbonyl (C=O) groups excluding carboxylic acids is 4. The Kier molecular flexibility index (Phi) is 14.1. The van der Waals surface area contributed by atoms with Gasteiger partial charge in [0.15, 0.2) is 0 Å². The van der Waals surface area contributed by atoms with Gasteiger partial charge in [0.25, 0.3) is 0 Å². The summed E-state index contributed by atoms with van der Waals surface area (Å²) in [5.74, 6) is -4.41. The van der Waals surface area contributed by atoms with E-state index in [1.165, 1.54) is 6.92 Å². The molecule has 0 saturated heterocycles. The molecule has 4 amide bonds. The van der Waals surface area contributed by atoms with E-state index in [0.29, 0.717) is 6.42 Å². The molecular formula is C23H43N5O7. The fourth-order valence-electron chi connectivity index (χ4n) is 3.18. The van der Waals surface area contributed by atoms with E-state index in [1.54, 1.807) is 20.8 Å². The normalized spacial score (nSPS) is 16.4. The standard InChI is InChI=1S/C23H43N5O7/c1-8-13(6)18(22(33)27-17(12(4)5)23(34)35)28-19(30)14(7)25-21(32)16(9-11(2)3)26-20(31)15(24)10-29/h11-18,29H,8-10,24H2,1-7H3,(H,25,32)(H,26,31)(H,27,33)(H,28,30)(H,34,35). The van der Waals surface area contributed by atoms with Gasteiger partial charge in [0.2, 0.25) is 23.6 Å². The van der Waals surface area contributed by atoms with Gasteiger partial charge in [-0.25, -0.2) is 4.79 Å². The number of aliphatic carboxylic acids is 1. The first kappa shape index (κ1) is 32.3. The van der Waals surface area contributed by atoms with Crippen LogP contribution in [0.4, 0.5) is 0 Å². The van der Waals surface area contributed by atoms with E-state index in [-0.39, 0.29) is 24.2 Å². The molecule has 0 aromatic carbocycles. The third-order valence-electron chi connectivity index (χ3n) is 5.65. The van der Waals surface area contributed by atoms with Crippen LogP contribution in [-0.4, -0.2) is 76.6 Å². The minimum atomic E-state index is -1.19. The summed E-state index contributed by atoms with van der Waals surface area (Å²) in [4.78, 5) is 62.0. The van der Waals surface area contributed by atoms with Gasteiger partial charge in [0.05, 0.1) is 6.61 Å². The van der Waals surface area contributed by atoms with Gasteiger partial charge >= 0.3 is 5.97 Å². The number of aliphatic hydroxyl groups excluding tert-OH is 1. The van der Waals surface area contributed by atoms with Crippen LogP contribution in [0.2, 0.25) is 0 Å². The summed E-state index contributed by atoms with van der Waals surface area (Å²) in [6.07, 6.45) is 0.805. The summed E-state index contributed by atoms with van der Waals surface area (Å²) in [5, 5.41) is 28.5. The molecule has 0 aliphatic rings. The van der Waals surface area contributed by atoms with Crippen LogP contribution in [0.3, 0.4) is 0 Å². The first-order valence-electron chi connectivity index (χ1n) is 12.0. The van der Waals surface area contributed by atoms with E-state index in [1.807, 2.05) is 20.8 Å². The molecule has 0 aromatic heterocycles. The number of carboxylic acids is 1. The van der Waals surface area contributed by atoms with E-state index in [9.17, 15) is 29.1 Å². The highest BCUT2D eigenvalue weighted by atomic mass is 16.4. The third kappa shape index (κ3) is 11.0. The molecule has 6 unspecified atom stereocenters. The molecule has 0 aliphatic carbocycles. The fourth-order valence-corrected chi connectivity index (χ4v) is 3.18. The van der Waals surface area contributed by atoms with Gasteiger partial charge in [-0.05, 0) is 31.1 Å². The molecule has 0 saturated carbocycles. The van der Waals surface area contributed by atoms with Gasteiger partial charge in [0, 0.05) is 0 Å². The largest absolute Gasteiger partial charge is 0.480 e. The second-order valence-corrected chi connectivity index (χ2v) is 9.65. The summed E-state index contributed by atoms with van der Waals surface area (Å²) >= 11 is 0. The number of carboxylic acid groups (broad SMARTS) is 1. The molecule has 0 fully saturated rings. The van der Waals surface area contributed by atoms with E-state index < -0.39 is 66.4 Å². The predicted molar refractivity (Wildman–Crippen MR) is 130 cm³/mol. The lowest BCUT2D eigenvalue weighted by Crippen LogP contribution is -2.59. The number of amides is 4. The topological polar surface area (TPSA) is 200 Å². The average Bonchev–Trinajstić information content (AvgIpc) is 2.77. The quantitative estimate of drug-likeness (QED) is 0.150. The summed E-state index contributed by atoms with van der Waals surface area (Å²) in [6, 6.07) is -5.35. The Morgan fingerprint density at radius 3 is 1.74 bits per heavy atom. The molecule has 0 radical (unpaired) electrons. The maximum absolute atomic E-state index is 12.8. The van der Waals surface area contributed by atoms with Crippen molar-refractivity contribution in [2.24, 2.45) is 23.5 Å². The molecule has 0 aliphatic heterocycles. The predicted octanol–water partition coefficient (Wildman–Crippen LogP) is -0.902. The van der Waals surface area contributed by atoms with Gasteiger partial charge in [0.1, 0.15) is 30.2 Å². The highest BCUT2D eigenvalue weighted by Gasteiger charge is 2.33. The summed E-state index contributed by atoms with van der Waals surface area (Å²) in [5.41, 5.74) is 5.51. The van der Waals surface area contributed by atoms with Crippen LogP contribution in [0.25, 0.3) is 0 Å². The van der Waals surface area contributed by atoms with Crippen molar-refractivity contribution in [1.29, 1.82) is 0 Å². The Labute approximate surface area is 207 Å². The van der Waals surface area contributed by atoms with Crippen LogP contribution in [0.15, 0.2) is 0 Å². The molecule has 0 bridgehead atoms. The van der Waals surface area contributed by atoms with Crippen LogP contribution in [-0.2, 0) is 24.0 Å². The van der Waals surface area contributed by atoms with Crippen molar-refractivity contribution in [2.75, 3.05) is 6.61 Å². The fraction of sp³-hybridized carbons (Fsp3) is 0.783. The van der Waals surface area contributed by atoms with Crippen LogP contribution >= 0.6 is 0 Å². The van der Waals surface area contributed by atoms with Crippen LogP contribution in [0, 0.1) is 17.8 Å². The molecule has 202 valence electrons. The smallest absolute Gasteiger partial charge is 0.326 e. The second kappa shape index (κ2) is 15.3. The van der Waals surface area contributed by atoms with Crippen molar-refractivity contribution in [2.45, 2.75) is 91.5 Å². The number of rotatable bonds is 15. The third-order valence-corrected chi connectivity index (χ3v) is 5.65. The van der Waals surface area contributed by atoms with Gasteiger partial charge in [-0.3, -0.25) is 19.2 Å². The van der Waals surface area contributed by atoms with Crippen molar-refractivity contribution in [3.63, 3.8) is 0 Å². The van der Waals surface area contributed by atoms with Crippen molar-refractivity contribution in [3.05, 3.63) is 0 Å². The summed E-state index contributed by atoms with van der Waals surface area (Å²) in [7, 11) is 0. The SMILES string of the molecule is CCC(C)C(NC(=O)C(C)NC(=O)C(CC(C)C)NC(=O)C(N)CO)C(=O)NC(C(=O)O)C(C)C. The minimum Gasteiger partial charge on any atom is -0.480 e. The first-order chi connectivity index (χ1) is 16.2. The zero-order valence-electron chi connectivity index (χ0n) is 21.8. The lowest BCUT2D eigenvalue weighted by Gasteiger charge is -2.28. The lowest BCUT2D eigenvalue weighted by molar-refractivity contribution is -0.144. The van der Waals surface area contributed by atoms with E-state index in [4.69, 9.17) is 10.8 Å². The van der Waals surface area contributed by atoms with E-state index in [2.05, 4.69) is 21.3 Å². The molecule has 0 spiro atoms. The number of hydrogen-bond acceptors (Lipinski definition) is 7. The molecule has 35 heavy (non-hydrogen) atoms. The van der Waals surface area contributed by atoms with Gasteiger partial charge < -0.3 is 37.2 Å². The second-order valence-electron chi connectivity index (χ2n) is 9.65. The van der Waals surface area contributed by atoms with E-state index in [0.717, 1.165) is 0 Å². The molecule has 6 atom stereocenters. The van der Waals surface area contributed by atoms with Crippen molar-refractivity contribution >= 4 is 29.6 Å². The average molecular weight is 502 g/mol. The molecule has 12 nitrogen and oxygen atoms in total. The molecular weight excluding hydrogens is 458 g/mol. The van der Waals surface area contributed by atoms with E-state index >= 15 is 0 Å². The summed E-state index contributed by atoms with van der Waals surface area (Å²) < 4.78 is 0. The molecule has 0 heterocycles. The number of aliphatic hydroxyl groups is 1. The minimum absolute atomic E-state index is 0.0298. The van der Waals surface area contributed by atoms with Crippen LogP contribution in [0.1, 0.15) is 61.3 Å². The molecule has 8 N–H and O–H groups in total. The summed E-state index contributed by atoms with van der Waals surface area (Å²) in [6.45, 7) is 11.4. The monoisotopic (exact) mass is 501 g/mol. The maximum Gasteiger partial charge on any atom is 0.326 e. The van der Waals surface area contributed by atoms with Gasteiger partial charge in [-0.2, -0.15) is 0 Å². The van der Waals surface area contributed by atoms with Crippen molar-refractivity contribution in [3.8, 4) is 0 Å². The highest BCUT2D eigenvalue weighted by molar-refractivity contribution is 5.95. The zero-order chi connectivity index (χ0) is 27.5. The number of nitrogens with two attached hydrogens (primary N) is 1. The van der Waals surface area contributed by atoms with Gasteiger partial charge in [-0.1, -0.05) is 48.0 Å². The molecule has 12 heteroatoms. The Morgan fingerprint density at radius 1 is 0.771 bits per heavy atom. The number of hydrogen-bond donors (Lipinski definition) is 7. The highest BCUT2D eigenvalue weighted by Crippen LogP contribution is 2.11. The molecule has 0 rings (SSSR count). The number of carbonyl (C=O) groups is 5. The molecule has 0 aromatic rings. The van der Waals surface area contributed by atoms with Crippen molar-refractivity contribution in [1.82, 2.24) is 21.3 Å². The Balaban J connectivity index is 5.42.